The highest BCUT2D eigenvalue weighted by atomic mass is 32.2. The lowest BCUT2D eigenvalue weighted by Crippen LogP contribution is -2.49. The second-order valence-corrected chi connectivity index (χ2v) is 10.8. The minimum Gasteiger partial charge on any atom is -0.488 e. The molecule has 10 nitrogen and oxygen atoms in total. The Morgan fingerprint density at radius 1 is 1.33 bits per heavy atom. The third-order valence-corrected chi connectivity index (χ3v) is 6.04. The number of aliphatic hydroxyl groups is 1. The van der Waals surface area contributed by atoms with Gasteiger partial charge < -0.3 is 25.0 Å². The van der Waals surface area contributed by atoms with Crippen LogP contribution in [0.2, 0.25) is 0 Å². The van der Waals surface area contributed by atoms with E-state index >= 15 is 0 Å². The zero-order chi connectivity index (χ0) is 24.9. The minimum atomic E-state index is -3.49. The summed E-state index contributed by atoms with van der Waals surface area (Å²) < 4.78 is 32.0. The molecule has 1 aliphatic rings. The number of fused-ring (bicyclic) bond motifs is 1. The van der Waals surface area contributed by atoms with Gasteiger partial charge in [0.25, 0.3) is 0 Å². The molecule has 1 heterocycles. The summed E-state index contributed by atoms with van der Waals surface area (Å²) in [7, 11) is -1.81. The van der Waals surface area contributed by atoms with Crippen LogP contribution in [0.1, 0.15) is 33.3 Å². The maximum atomic E-state index is 13.1. The van der Waals surface area contributed by atoms with Crippen molar-refractivity contribution in [3.8, 4) is 5.75 Å². The molecule has 3 amide bonds. The number of rotatable bonds is 7. The molecule has 0 spiro atoms. The quantitative estimate of drug-likeness (QED) is 0.535. The first-order chi connectivity index (χ1) is 15.3. The molecule has 0 saturated heterocycles. The van der Waals surface area contributed by atoms with E-state index in [2.05, 4.69) is 10.0 Å². The highest BCUT2D eigenvalue weighted by Crippen LogP contribution is 2.29. The van der Waals surface area contributed by atoms with Crippen LogP contribution in [0.3, 0.4) is 0 Å². The molecule has 3 atom stereocenters. The van der Waals surface area contributed by atoms with Gasteiger partial charge in [-0.1, -0.05) is 6.92 Å². The van der Waals surface area contributed by atoms with Gasteiger partial charge in [0, 0.05) is 36.8 Å². The third-order valence-electron chi connectivity index (χ3n) is 5.43. The summed E-state index contributed by atoms with van der Waals surface area (Å²) in [4.78, 5) is 28.7. The smallest absolute Gasteiger partial charge is 0.317 e. The number of amides is 3. The van der Waals surface area contributed by atoms with Crippen LogP contribution in [0.15, 0.2) is 18.2 Å². The van der Waals surface area contributed by atoms with Gasteiger partial charge in [0.2, 0.25) is 15.9 Å². The van der Waals surface area contributed by atoms with Crippen molar-refractivity contribution in [2.45, 2.75) is 52.3 Å². The van der Waals surface area contributed by atoms with Gasteiger partial charge in [-0.05, 0) is 39.0 Å². The van der Waals surface area contributed by atoms with Gasteiger partial charge in [0.05, 0.1) is 31.9 Å². The SMILES string of the molecule is CC(C)NC(=O)N(C)C[C@H]1Oc2ccc(NS(C)(=O)=O)cc2CC(=O)N([C@@H](C)CO)C[C@@H]1C. The summed E-state index contributed by atoms with van der Waals surface area (Å²) in [5, 5.41) is 12.5. The number of hydrogen-bond donors (Lipinski definition) is 3. The predicted octanol–water partition coefficient (Wildman–Crippen LogP) is 1.26. The summed E-state index contributed by atoms with van der Waals surface area (Å²) in [6, 6.07) is 4.14. The van der Waals surface area contributed by atoms with Crippen LogP contribution in [0.4, 0.5) is 10.5 Å². The monoisotopic (exact) mass is 484 g/mol. The van der Waals surface area contributed by atoms with Crippen molar-refractivity contribution < 1.29 is 27.9 Å². The van der Waals surface area contributed by atoms with Crippen molar-refractivity contribution >= 4 is 27.6 Å². The molecule has 0 fully saturated rings. The first-order valence-electron chi connectivity index (χ1n) is 11.0. The fourth-order valence-corrected chi connectivity index (χ4v) is 4.19. The van der Waals surface area contributed by atoms with Crippen molar-refractivity contribution in [3.63, 3.8) is 0 Å². The lowest BCUT2D eigenvalue weighted by atomic mass is 10.0. The molecule has 0 saturated carbocycles. The number of carbonyl (C=O) groups is 2. The van der Waals surface area contributed by atoms with Gasteiger partial charge in [-0.2, -0.15) is 0 Å². The molecule has 33 heavy (non-hydrogen) atoms. The van der Waals surface area contributed by atoms with Crippen LogP contribution in [-0.4, -0.2) is 86.4 Å². The van der Waals surface area contributed by atoms with E-state index in [0.29, 0.717) is 23.5 Å². The maximum Gasteiger partial charge on any atom is 0.317 e. The van der Waals surface area contributed by atoms with Gasteiger partial charge in [0.15, 0.2) is 0 Å². The van der Waals surface area contributed by atoms with E-state index in [9.17, 15) is 23.1 Å². The van der Waals surface area contributed by atoms with Crippen LogP contribution in [0.5, 0.6) is 5.75 Å². The molecule has 0 radical (unpaired) electrons. The summed E-state index contributed by atoms with van der Waals surface area (Å²) in [6.45, 7) is 7.89. The lowest BCUT2D eigenvalue weighted by Gasteiger charge is -2.34. The van der Waals surface area contributed by atoms with E-state index in [1.165, 1.54) is 0 Å². The maximum absolute atomic E-state index is 13.1. The number of likely N-dealkylation sites (N-methyl/N-ethyl adjacent to an activating group) is 1. The topological polar surface area (TPSA) is 128 Å². The van der Waals surface area contributed by atoms with Crippen LogP contribution in [-0.2, 0) is 21.2 Å². The van der Waals surface area contributed by atoms with Crippen molar-refractivity contribution in [1.29, 1.82) is 0 Å². The number of nitrogens with one attached hydrogen (secondary N) is 2. The molecular weight excluding hydrogens is 448 g/mol. The first kappa shape index (κ1) is 26.7. The number of ether oxygens (including phenoxy) is 1. The minimum absolute atomic E-state index is 0.0118. The van der Waals surface area contributed by atoms with Crippen LogP contribution < -0.4 is 14.8 Å². The molecule has 2 rings (SSSR count). The van der Waals surface area contributed by atoms with Crippen LogP contribution >= 0.6 is 0 Å². The highest BCUT2D eigenvalue weighted by molar-refractivity contribution is 7.92. The summed E-state index contributed by atoms with van der Waals surface area (Å²) >= 11 is 0. The van der Waals surface area contributed by atoms with E-state index in [-0.39, 0.29) is 43.5 Å². The number of benzene rings is 1. The number of aliphatic hydroxyl groups excluding tert-OH is 1. The molecule has 0 aliphatic carbocycles. The second kappa shape index (κ2) is 11.1. The van der Waals surface area contributed by atoms with Gasteiger partial charge in [0.1, 0.15) is 11.9 Å². The zero-order valence-electron chi connectivity index (χ0n) is 20.2. The van der Waals surface area contributed by atoms with E-state index in [1.54, 1.807) is 42.0 Å². The first-order valence-corrected chi connectivity index (χ1v) is 12.9. The number of nitrogens with zero attached hydrogens (tertiary/aromatic N) is 2. The van der Waals surface area contributed by atoms with E-state index in [4.69, 9.17) is 4.74 Å². The molecule has 1 aliphatic heterocycles. The van der Waals surface area contributed by atoms with Crippen molar-refractivity contribution in [3.05, 3.63) is 23.8 Å². The van der Waals surface area contributed by atoms with E-state index in [0.717, 1.165) is 6.26 Å². The lowest BCUT2D eigenvalue weighted by molar-refractivity contribution is -0.134. The van der Waals surface area contributed by atoms with Crippen LogP contribution in [0.25, 0.3) is 0 Å². The standard InChI is InChI=1S/C22H36N4O6S/c1-14(2)23-22(29)25(5)12-20-15(3)11-26(16(4)13-27)21(28)10-17-9-18(24-33(6,30)31)7-8-19(17)32-20/h7-9,14-16,20,24,27H,10-13H2,1-6H3,(H,23,29)/t15-,16-,20+/m0/s1. The summed E-state index contributed by atoms with van der Waals surface area (Å²) in [6.07, 6.45) is 0.596. The number of sulfonamides is 1. The Hall–Kier alpha value is -2.53. The number of carbonyl (C=O) groups excluding carboxylic acids is 2. The van der Waals surface area contributed by atoms with E-state index < -0.39 is 22.2 Å². The summed E-state index contributed by atoms with van der Waals surface area (Å²) in [5.41, 5.74) is 0.851. The summed E-state index contributed by atoms with van der Waals surface area (Å²) in [5.74, 6) is 0.101. The Balaban J connectivity index is 2.43. The van der Waals surface area contributed by atoms with Crippen molar-refractivity contribution in [2.75, 3.05) is 37.7 Å². The largest absolute Gasteiger partial charge is 0.488 e. The highest BCUT2D eigenvalue weighted by Gasteiger charge is 2.32. The van der Waals surface area contributed by atoms with Gasteiger partial charge in [-0.15, -0.1) is 0 Å². The number of urea groups is 1. The Bertz CT molecular complexity index is 952. The van der Waals surface area contributed by atoms with Gasteiger partial charge in [-0.3, -0.25) is 9.52 Å². The molecule has 3 N–H and O–H groups in total. The molecule has 0 aromatic heterocycles. The van der Waals surface area contributed by atoms with E-state index in [1.807, 2.05) is 20.8 Å². The van der Waals surface area contributed by atoms with Crippen LogP contribution in [0, 0.1) is 5.92 Å². The average Bonchev–Trinajstić information content (AvgIpc) is 2.74. The van der Waals surface area contributed by atoms with Crippen molar-refractivity contribution in [2.24, 2.45) is 5.92 Å². The van der Waals surface area contributed by atoms with Gasteiger partial charge >= 0.3 is 6.03 Å². The number of hydrogen-bond acceptors (Lipinski definition) is 6. The molecular formula is C22H36N4O6S. The Morgan fingerprint density at radius 2 is 2.00 bits per heavy atom. The Labute approximate surface area is 196 Å². The zero-order valence-corrected chi connectivity index (χ0v) is 21.0. The molecule has 186 valence electrons. The molecule has 1 aromatic carbocycles. The fraction of sp³-hybridized carbons (Fsp3) is 0.636. The molecule has 0 unspecified atom stereocenters. The fourth-order valence-electron chi connectivity index (χ4n) is 3.63. The second-order valence-electron chi connectivity index (χ2n) is 9.07. The Kier molecular flexibility index (Phi) is 8.96. The third kappa shape index (κ3) is 7.78. The number of anilines is 1. The molecule has 0 bridgehead atoms. The average molecular weight is 485 g/mol. The van der Waals surface area contributed by atoms with Gasteiger partial charge in [-0.25, -0.2) is 13.2 Å². The Morgan fingerprint density at radius 3 is 2.58 bits per heavy atom. The molecule has 11 heteroatoms. The van der Waals surface area contributed by atoms with Crippen molar-refractivity contribution in [1.82, 2.24) is 15.1 Å². The normalized spacial score (nSPS) is 20.1. The predicted molar refractivity (Wildman–Crippen MR) is 127 cm³/mol. The molecule has 1 aromatic rings.